The highest BCUT2D eigenvalue weighted by molar-refractivity contribution is 5.55. The zero-order valence-electron chi connectivity index (χ0n) is 8.36. The molecule has 0 saturated heterocycles. The van der Waals surface area contributed by atoms with Crippen molar-refractivity contribution in [3.63, 3.8) is 0 Å². The molecule has 0 bridgehead atoms. The Labute approximate surface area is 87.7 Å². The molecule has 78 valence electrons. The van der Waals surface area contributed by atoms with Crippen molar-refractivity contribution in [1.82, 2.24) is 0 Å². The number of benzene rings is 1. The maximum Gasteiger partial charge on any atom is 0.178 e. The van der Waals surface area contributed by atoms with Crippen LogP contribution in [0.5, 0.6) is 11.5 Å². The van der Waals surface area contributed by atoms with E-state index in [1.807, 2.05) is 6.07 Å². The summed E-state index contributed by atoms with van der Waals surface area (Å²) in [6.07, 6.45) is 1.68. The van der Waals surface area contributed by atoms with Crippen molar-refractivity contribution in [1.29, 1.82) is 5.26 Å². The number of nitrogens with zero attached hydrogens (tertiary/aromatic N) is 1. The predicted molar refractivity (Wildman–Crippen MR) is 53.8 cm³/mol. The first-order valence-corrected chi connectivity index (χ1v) is 4.46. The second-order valence-corrected chi connectivity index (χ2v) is 3.01. The Kier molecular flexibility index (Phi) is 3.69. The van der Waals surface area contributed by atoms with E-state index < -0.39 is 0 Å². The standard InChI is InChI=1S/C11H11NO3/c1-15-11-9(7-12)5-8(3-2-4-13)6-10(11)14/h4-6,14H,2-3H2,1H3. The van der Waals surface area contributed by atoms with E-state index in [0.717, 1.165) is 11.8 Å². The Balaban J connectivity index is 3.09. The van der Waals surface area contributed by atoms with Crippen LogP contribution in [0.25, 0.3) is 0 Å². The van der Waals surface area contributed by atoms with Gasteiger partial charge >= 0.3 is 0 Å². The summed E-state index contributed by atoms with van der Waals surface area (Å²) in [7, 11) is 1.39. The number of phenolic OH excluding ortho intramolecular Hbond substituents is 1. The lowest BCUT2D eigenvalue weighted by Crippen LogP contribution is -1.93. The van der Waals surface area contributed by atoms with E-state index in [0.29, 0.717) is 12.8 Å². The first kappa shape index (κ1) is 11.1. The number of methoxy groups -OCH3 is 1. The van der Waals surface area contributed by atoms with Crippen molar-refractivity contribution >= 4 is 6.29 Å². The van der Waals surface area contributed by atoms with Gasteiger partial charge in [-0.25, -0.2) is 0 Å². The first-order chi connectivity index (χ1) is 7.22. The summed E-state index contributed by atoms with van der Waals surface area (Å²) in [5, 5.41) is 18.4. The molecule has 1 N–H and O–H groups in total. The summed E-state index contributed by atoms with van der Waals surface area (Å²) in [5.74, 6) is 0.102. The molecule has 0 unspecified atom stereocenters. The summed E-state index contributed by atoms with van der Waals surface area (Å²) in [4.78, 5) is 10.2. The average Bonchev–Trinajstić information content (AvgIpc) is 2.25. The van der Waals surface area contributed by atoms with Gasteiger partial charge in [-0.15, -0.1) is 0 Å². The number of rotatable bonds is 4. The molecule has 0 aliphatic rings. The fourth-order valence-corrected chi connectivity index (χ4v) is 1.34. The van der Waals surface area contributed by atoms with Gasteiger partial charge in [0.05, 0.1) is 12.7 Å². The molecule has 0 amide bonds. The van der Waals surface area contributed by atoms with Crippen molar-refractivity contribution in [3.05, 3.63) is 23.3 Å². The number of phenols is 1. The third-order valence-electron chi connectivity index (χ3n) is 2.00. The van der Waals surface area contributed by atoms with E-state index in [9.17, 15) is 9.90 Å². The van der Waals surface area contributed by atoms with Gasteiger partial charge in [0.2, 0.25) is 0 Å². The second kappa shape index (κ2) is 5.01. The minimum atomic E-state index is -0.0718. The van der Waals surface area contributed by atoms with Gasteiger partial charge in [-0.3, -0.25) is 0 Å². The first-order valence-electron chi connectivity index (χ1n) is 4.46. The third-order valence-corrected chi connectivity index (χ3v) is 2.00. The fourth-order valence-electron chi connectivity index (χ4n) is 1.34. The fraction of sp³-hybridized carbons (Fsp3) is 0.273. The number of hydrogen-bond acceptors (Lipinski definition) is 4. The van der Waals surface area contributed by atoms with E-state index in [1.54, 1.807) is 6.07 Å². The van der Waals surface area contributed by atoms with Gasteiger partial charge in [0, 0.05) is 6.42 Å². The van der Waals surface area contributed by atoms with Crippen molar-refractivity contribution in [3.8, 4) is 17.6 Å². The number of ether oxygens (including phenoxy) is 1. The average molecular weight is 205 g/mol. The van der Waals surface area contributed by atoms with Crippen LogP contribution in [0.1, 0.15) is 17.5 Å². The van der Waals surface area contributed by atoms with Gasteiger partial charge in [-0.05, 0) is 24.1 Å². The highest BCUT2D eigenvalue weighted by Gasteiger charge is 2.10. The van der Waals surface area contributed by atoms with E-state index in [-0.39, 0.29) is 17.1 Å². The highest BCUT2D eigenvalue weighted by Crippen LogP contribution is 2.31. The Bertz CT molecular complexity index is 407. The van der Waals surface area contributed by atoms with E-state index in [1.165, 1.54) is 13.2 Å². The van der Waals surface area contributed by atoms with Gasteiger partial charge in [0.25, 0.3) is 0 Å². The molecule has 0 atom stereocenters. The summed E-state index contributed by atoms with van der Waals surface area (Å²) in [5.41, 5.74) is 1.02. The summed E-state index contributed by atoms with van der Waals surface area (Å²) >= 11 is 0. The zero-order chi connectivity index (χ0) is 11.3. The predicted octanol–water partition coefficient (Wildman–Crippen LogP) is 1.40. The second-order valence-electron chi connectivity index (χ2n) is 3.01. The lowest BCUT2D eigenvalue weighted by molar-refractivity contribution is -0.107. The van der Waals surface area contributed by atoms with E-state index in [2.05, 4.69) is 0 Å². The minimum absolute atomic E-state index is 0.0718. The Hall–Kier alpha value is -2.02. The summed E-state index contributed by atoms with van der Waals surface area (Å²) in [6, 6.07) is 5.05. The monoisotopic (exact) mass is 205 g/mol. The van der Waals surface area contributed by atoms with Crippen molar-refractivity contribution in [2.75, 3.05) is 7.11 Å². The SMILES string of the molecule is COc1c(O)cc(CCC=O)cc1C#N. The highest BCUT2D eigenvalue weighted by atomic mass is 16.5. The van der Waals surface area contributed by atoms with Gasteiger partial charge in [0.15, 0.2) is 11.5 Å². The van der Waals surface area contributed by atoms with Gasteiger partial charge in [-0.1, -0.05) is 0 Å². The van der Waals surface area contributed by atoms with Crippen LogP contribution in [0.3, 0.4) is 0 Å². The lowest BCUT2D eigenvalue weighted by atomic mass is 10.1. The molecular weight excluding hydrogens is 194 g/mol. The van der Waals surface area contributed by atoms with E-state index >= 15 is 0 Å². The molecule has 0 aromatic heterocycles. The van der Waals surface area contributed by atoms with Crippen LogP contribution in [0.15, 0.2) is 12.1 Å². The summed E-state index contributed by atoms with van der Waals surface area (Å²) < 4.78 is 4.88. The minimum Gasteiger partial charge on any atom is -0.504 e. The molecule has 1 rings (SSSR count). The van der Waals surface area contributed by atoms with Gasteiger partial charge in [-0.2, -0.15) is 5.26 Å². The number of hydrogen-bond donors (Lipinski definition) is 1. The van der Waals surface area contributed by atoms with Crippen molar-refractivity contribution < 1.29 is 14.6 Å². The maximum absolute atomic E-state index is 10.2. The number of nitriles is 1. The van der Waals surface area contributed by atoms with Crippen LogP contribution in [0.4, 0.5) is 0 Å². The Morgan fingerprint density at radius 2 is 2.33 bits per heavy atom. The van der Waals surface area contributed by atoms with Crippen molar-refractivity contribution in [2.24, 2.45) is 0 Å². The van der Waals surface area contributed by atoms with Crippen LogP contribution < -0.4 is 4.74 Å². The largest absolute Gasteiger partial charge is 0.504 e. The molecular formula is C11H11NO3. The molecule has 0 fully saturated rings. The zero-order valence-corrected chi connectivity index (χ0v) is 8.36. The number of aldehydes is 1. The molecule has 0 saturated carbocycles. The van der Waals surface area contributed by atoms with Crippen LogP contribution >= 0.6 is 0 Å². The Morgan fingerprint density at radius 3 is 2.87 bits per heavy atom. The molecule has 4 nitrogen and oxygen atoms in total. The smallest absolute Gasteiger partial charge is 0.178 e. The van der Waals surface area contributed by atoms with Crippen LogP contribution in [-0.2, 0) is 11.2 Å². The molecule has 1 aromatic rings. The topological polar surface area (TPSA) is 70.3 Å². The van der Waals surface area contributed by atoms with Crippen LogP contribution in [-0.4, -0.2) is 18.5 Å². The molecule has 1 aromatic carbocycles. The van der Waals surface area contributed by atoms with Gasteiger partial charge < -0.3 is 14.6 Å². The third kappa shape index (κ3) is 2.47. The van der Waals surface area contributed by atoms with Gasteiger partial charge in [0.1, 0.15) is 12.4 Å². The number of carbonyl (C=O) groups is 1. The quantitative estimate of drug-likeness (QED) is 0.754. The normalized spacial score (nSPS) is 9.33. The number of carbonyl (C=O) groups excluding carboxylic acids is 1. The molecule has 0 radical (unpaired) electrons. The molecule has 4 heteroatoms. The van der Waals surface area contributed by atoms with Crippen LogP contribution in [0.2, 0.25) is 0 Å². The lowest BCUT2D eigenvalue weighted by Gasteiger charge is -2.07. The molecule has 0 aliphatic carbocycles. The van der Waals surface area contributed by atoms with Crippen molar-refractivity contribution in [2.45, 2.75) is 12.8 Å². The summed E-state index contributed by atoms with van der Waals surface area (Å²) in [6.45, 7) is 0. The number of aromatic hydroxyl groups is 1. The molecule has 15 heavy (non-hydrogen) atoms. The number of aryl methyl sites for hydroxylation is 1. The van der Waals surface area contributed by atoms with Crippen LogP contribution in [0, 0.1) is 11.3 Å². The maximum atomic E-state index is 10.2. The molecule has 0 spiro atoms. The molecule has 0 aliphatic heterocycles. The Morgan fingerprint density at radius 1 is 1.60 bits per heavy atom. The molecule has 0 heterocycles. The van der Waals surface area contributed by atoms with E-state index in [4.69, 9.17) is 10.00 Å².